The minimum Gasteiger partial charge on any atom is -0.384 e. The number of anilines is 1. The van der Waals surface area contributed by atoms with Crippen LogP contribution in [-0.2, 0) is 10.7 Å². The molecule has 6 nitrogen and oxygen atoms in total. The van der Waals surface area contributed by atoms with Crippen molar-refractivity contribution in [3.05, 3.63) is 41.3 Å². The van der Waals surface area contributed by atoms with Crippen LogP contribution in [0.15, 0.2) is 24.4 Å². The molecule has 2 saturated carbocycles. The molecule has 2 N–H and O–H groups in total. The van der Waals surface area contributed by atoms with Gasteiger partial charge in [-0.15, -0.1) is 0 Å². The number of alkyl halides is 2. The zero-order valence-corrected chi connectivity index (χ0v) is 16.9. The maximum atomic E-state index is 15.4. The highest BCUT2D eigenvalue weighted by molar-refractivity contribution is 5.39. The molecule has 0 amide bonds. The molecule has 0 spiro atoms. The number of piperidine rings is 1. The summed E-state index contributed by atoms with van der Waals surface area (Å²) < 4.78 is 38.0. The molecule has 4 fully saturated rings. The Balaban J connectivity index is 1.31. The van der Waals surface area contributed by atoms with E-state index in [1.807, 2.05) is 4.68 Å². The predicted molar refractivity (Wildman–Crippen MR) is 107 cm³/mol. The van der Waals surface area contributed by atoms with Crippen LogP contribution in [0.3, 0.4) is 0 Å². The van der Waals surface area contributed by atoms with Gasteiger partial charge in [-0.25, -0.2) is 4.98 Å². The first-order chi connectivity index (χ1) is 14.5. The Bertz CT molecular complexity index is 941. The quantitative estimate of drug-likeness (QED) is 0.813. The third-order valence-corrected chi connectivity index (χ3v) is 7.60. The Morgan fingerprint density at radius 1 is 1.07 bits per heavy atom. The Morgan fingerprint density at radius 2 is 1.80 bits per heavy atom. The average molecular weight is 415 g/mol. The number of rotatable bonds is 5. The Morgan fingerprint density at radius 3 is 2.43 bits per heavy atom. The summed E-state index contributed by atoms with van der Waals surface area (Å²) in [5.74, 6) is -1.63. The van der Waals surface area contributed by atoms with E-state index in [0.29, 0.717) is 23.8 Å². The summed E-state index contributed by atoms with van der Waals surface area (Å²) in [6.07, 6.45) is 5.66. The second-order valence-corrected chi connectivity index (χ2v) is 9.38. The summed E-state index contributed by atoms with van der Waals surface area (Å²) >= 11 is 0. The first kappa shape index (κ1) is 18.7. The van der Waals surface area contributed by atoms with Crippen LogP contribution in [0.25, 0.3) is 0 Å². The van der Waals surface area contributed by atoms with Gasteiger partial charge >= 0.3 is 5.92 Å². The smallest absolute Gasteiger partial charge is 0.316 e. The number of ether oxygens (including phenoxy) is 1. The normalized spacial score (nSPS) is 29.9. The van der Waals surface area contributed by atoms with Crippen molar-refractivity contribution in [3.63, 3.8) is 0 Å². The molecule has 2 aliphatic heterocycles. The van der Waals surface area contributed by atoms with Gasteiger partial charge < -0.3 is 10.5 Å². The number of hydrogen-bond donors (Lipinski definition) is 1. The van der Waals surface area contributed by atoms with Crippen molar-refractivity contribution >= 4 is 5.82 Å². The van der Waals surface area contributed by atoms with Crippen LogP contribution in [0.2, 0.25) is 0 Å². The second kappa shape index (κ2) is 6.72. The molecule has 6 rings (SSSR count). The molecule has 0 aromatic carbocycles. The highest BCUT2D eigenvalue weighted by Crippen LogP contribution is 2.59. The predicted octanol–water partition coefficient (Wildman–Crippen LogP) is 3.16. The number of halogens is 2. The first-order valence-corrected chi connectivity index (χ1v) is 11.0. The van der Waals surface area contributed by atoms with Gasteiger partial charge in [-0.1, -0.05) is 12.8 Å². The van der Waals surface area contributed by atoms with Gasteiger partial charge in [0.15, 0.2) is 0 Å². The topological polar surface area (TPSA) is 69.2 Å². The van der Waals surface area contributed by atoms with E-state index in [-0.39, 0.29) is 23.1 Å². The summed E-state index contributed by atoms with van der Waals surface area (Å²) in [4.78, 5) is 6.36. The zero-order chi connectivity index (χ0) is 20.5. The van der Waals surface area contributed by atoms with E-state index >= 15 is 8.78 Å². The largest absolute Gasteiger partial charge is 0.384 e. The molecule has 8 heteroatoms. The lowest BCUT2D eigenvalue weighted by atomic mass is 10.0. The molecule has 2 unspecified atom stereocenters. The van der Waals surface area contributed by atoms with E-state index in [1.54, 1.807) is 6.07 Å². The summed E-state index contributed by atoms with van der Waals surface area (Å²) in [7, 11) is 0. The Hall–Kier alpha value is -2.06. The third kappa shape index (κ3) is 2.87. The van der Waals surface area contributed by atoms with Gasteiger partial charge in [0.1, 0.15) is 11.5 Å². The number of fused-ring (bicyclic) bond motifs is 1. The maximum absolute atomic E-state index is 15.4. The van der Waals surface area contributed by atoms with Gasteiger partial charge in [-0.2, -0.15) is 13.9 Å². The molecular formula is C22H27F2N5O. The number of aromatic nitrogens is 3. The van der Waals surface area contributed by atoms with Gasteiger partial charge in [-0.05, 0) is 42.9 Å². The lowest BCUT2D eigenvalue weighted by Gasteiger charge is -2.35. The summed E-state index contributed by atoms with van der Waals surface area (Å²) in [5.41, 5.74) is 6.36. The van der Waals surface area contributed by atoms with Crippen LogP contribution in [0.5, 0.6) is 0 Å². The molecule has 160 valence electrons. The molecule has 2 aromatic heterocycles. The number of hydrogen-bond acceptors (Lipinski definition) is 5. The fourth-order valence-corrected chi connectivity index (χ4v) is 5.77. The van der Waals surface area contributed by atoms with Crippen LogP contribution in [0.1, 0.15) is 54.6 Å². The van der Waals surface area contributed by atoms with E-state index in [1.165, 1.54) is 18.3 Å². The summed E-state index contributed by atoms with van der Waals surface area (Å²) in [6, 6.07) is 5.04. The fourth-order valence-electron chi connectivity index (χ4n) is 5.77. The van der Waals surface area contributed by atoms with Crippen LogP contribution < -0.4 is 5.73 Å². The maximum Gasteiger partial charge on any atom is 0.316 e. The van der Waals surface area contributed by atoms with E-state index in [0.717, 1.165) is 57.7 Å². The van der Waals surface area contributed by atoms with Gasteiger partial charge in [0.05, 0.1) is 25.3 Å². The van der Waals surface area contributed by atoms with Crippen LogP contribution in [0.4, 0.5) is 14.6 Å². The van der Waals surface area contributed by atoms with E-state index in [9.17, 15) is 0 Å². The second-order valence-electron chi connectivity index (χ2n) is 9.38. The Kier molecular flexibility index (Phi) is 4.19. The minimum absolute atomic E-state index is 0.0967. The SMILES string of the molecule is Nc1cc(C(F)(F)c2cc(C3C4CN(C5COC5)CC43)n(C3CCCC3)n2)ccn1. The van der Waals surface area contributed by atoms with Crippen molar-refractivity contribution in [2.24, 2.45) is 11.8 Å². The van der Waals surface area contributed by atoms with Gasteiger partial charge in [0.2, 0.25) is 0 Å². The van der Waals surface area contributed by atoms with Gasteiger partial charge in [0.25, 0.3) is 0 Å². The average Bonchev–Trinajstić information content (AvgIpc) is 3.19. The first-order valence-electron chi connectivity index (χ1n) is 11.0. The number of nitrogens with zero attached hydrogens (tertiary/aromatic N) is 4. The molecule has 0 radical (unpaired) electrons. The molecule has 4 aliphatic rings. The molecule has 2 aliphatic carbocycles. The molecular weight excluding hydrogens is 388 g/mol. The number of nitrogens with two attached hydrogens (primary N) is 1. The highest BCUT2D eigenvalue weighted by atomic mass is 19.3. The zero-order valence-electron chi connectivity index (χ0n) is 16.9. The summed E-state index contributed by atoms with van der Waals surface area (Å²) in [5, 5.41) is 4.51. The molecule has 30 heavy (non-hydrogen) atoms. The lowest BCUT2D eigenvalue weighted by molar-refractivity contribution is -0.0610. The lowest BCUT2D eigenvalue weighted by Crippen LogP contribution is -2.48. The number of likely N-dealkylation sites (tertiary alicyclic amines) is 1. The fraction of sp³-hybridized carbons (Fsp3) is 0.636. The van der Waals surface area contributed by atoms with Crippen LogP contribution in [0, 0.1) is 11.8 Å². The van der Waals surface area contributed by atoms with Gasteiger partial charge in [-0.3, -0.25) is 9.58 Å². The molecule has 4 heterocycles. The Labute approximate surface area is 174 Å². The van der Waals surface area contributed by atoms with Crippen molar-refractivity contribution in [1.82, 2.24) is 19.7 Å². The van der Waals surface area contributed by atoms with Crippen molar-refractivity contribution in [3.8, 4) is 0 Å². The van der Waals surface area contributed by atoms with Gasteiger partial charge in [0, 0.05) is 36.5 Å². The molecule has 2 aromatic rings. The third-order valence-electron chi connectivity index (χ3n) is 7.60. The van der Waals surface area contributed by atoms with Crippen molar-refractivity contribution in [2.75, 3.05) is 32.0 Å². The van der Waals surface area contributed by atoms with Crippen molar-refractivity contribution in [2.45, 2.75) is 49.6 Å². The highest BCUT2D eigenvalue weighted by Gasteiger charge is 2.59. The summed E-state index contributed by atoms with van der Waals surface area (Å²) in [6.45, 7) is 3.75. The monoisotopic (exact) mass is 415 g/mol. The minimum atomic E-state index is -3.19. The molecule has 2 atom stereocenters. The molecule has 0 bridgehead atoms. The van der Waals surface area contributed by atoms with E-state index < -0.39 is 5.92 Å². The van der Waals surface area contributed by atoms with E-state index in [4.69, 9.17) is 10.5 Å². The van der Waals surface area contributed by atoms with E-state index in [2.05, 4.69) is 15.0 Å². The van der Waals surface area contributed by atoms with Crippen molar-refractivity contribution < 1.29 is 13.5 Å². The molecule has 2 saturated heterocycles. The van der Waals surface area contributed by atoms with Crippen molar-refractivity contribution in [1.29, 1.82) is 0 Å². The number of pyridine rings is 1. The number of nitrogen functional groups attached to an aromatic ring is 1. The van der Waals surface area contributed by atoms with Crippen LogP contribution in [-0.4, -0.2) is 52.0 Å². The van der Waals surface area contributed by atoms with Crippen LogP contribution >= 0.6 is 0 Å². The standard InChI is InChI=1S/C22H27F2N5O/c23-22(24,13-5-6-26-20(25)7-13)19-8-18(29(27-19)14-3-1-2-4-14)21-16-9-28(10-17(16)21)15-11-30-12-15/h5-8,14-17,21H,1-4,9-12H2,(H2,25,26).